The maximum atomic E-state index is 13.7. The summed E-state index contributed by atoms with van der Waals surface area (Å²) in [6.45, 7) is 2.79. The fourth-order valence-electron chi connectivity index (χ4n) is 3.61. The standard InChI is InChI=1S/C26H27Cl2N3O4S/c1-18-12-14-21(15-13-18)36(34,35)31(20-8-5-4-6-9-20)17-25(32)30(19(2)26(33)29-3)16-22-23(27)10-7-11-24(22)28/h4-15,19H,16-17H2,1-3H3,(H,29,33). The van der Waals surface area contributed by atoms with Crippen LogP contribution in [0.2, 0.25) is 10.0 Å². The third-order valence-corrected chi connectivity index (χ3v) is 8.23. The number of nitrogens with zero attached hydrogens (tertiary/aromatic N) is 2. The second-order valence-electron chi connectivity index (χ2n) is 8.17. The zero-order chi connectivity index (χ0) is 26.5. The first-order valence-corrected chi connectivity index (χ1v) is 13.3. The lowest BCUT2D eigenvalue weighted by atomic mass is 10.1. The molecule has 7 nitrogen and oxygen atoms in total. The van der Waals surface area contributed by atoms with Crippen molar-refractivity contribution in [2.24, 2.45) is 0 Å². The largest absolute Gasteiger partial charge is 0.357 e. The summed E-state index contributed by atoms with van der Waals surface area (Å²) in [7, 11) is -2.65. The Morgan fingerprint density at radius 2 is 1.50 bits per heavy atom. The van der Waals surface area contributed by atoms with E-state index in [1.807, 2.05) is 6.92 Å². The van der Waals surface area contributed by atoms with Gasteiger partial charge in [0.15, 0.2) is 0 Å². The van der Waals surface area contributed by atoms with Gasteiger partial charge in [-0.15, -0.1) is 0 Å². The van der Waals surface area contributed by atoms with Crippen LogP contribution in [0.25, 0.3) is 0 Å². The molecule has 10 heteroatoms. The van der Waals surface area contributed by atoms with E-state index in [1.54, 1.807) is 67.6 Å². The molecule has 0 saturated carbocycles. The van der Waals surface area contributed by atoms with Crippen molar-refractivity contribution in [1.82, 2.24) is 10.2 Å². The number of hydrogen-bond donors (Lipinski definition) is 1. The highest BCUT2D eigenvalue weighted by atomic mass is 35.5. The summed E-state index contributed by atoms with van der Waals surface area (Å²) in [6.07, 6.45) is 0. The van der Waals surface area contributed by atoms with E-state index in [2.05, 4.69) is 5.32 Å². The van der Waals surface area contributed by atoms with Gasteiger partial charge in [0.25, 0.3) is 10.0 Å². The van der Waals surface area contributed by atoms with Crippen molar-refractivity contribution in [3.8, 4) is 0 Å². The monoisotopic (exact) mass is 547 g/mol. The molecule has 3 rings (SSSR count). The van der Waals surface area contributed by atoms with E-state index in [0.29, 0.717) is 21.3 Å². The van der Waals surface area contributed by atoms with Gasteiger partial charge in [-0.25, -0.2) is 8.42 Å². The number of benzene rings is 3. The predicted molar refractivity (Wildman–Crippen MR) is 143 cm³/mol. The van der Waals surface area contributed by atoms with Gasteiger partial charge in [-0.3, -0.25) is 13.9 Å². The van der Waals surface area contributed by atoms with E-state index in [-0.39, 0.29) is 11.4 Å². The van der Waals surface area contributed by atoms with Crippen molar-refractivity contribution in [3.05, 3.63) is 94.0 Å². The number of carbonyl (C=O) groups excluding carboxylic acids is 2. The van der Waals surface area contributed by atoms with Crippen molar-refractivity contribution in [3.63, 3.8) is 0 Å². The Morgan fingerprint density at radius 1 is 0.917 bits per heavy atom. The molecule has 0 aliphatic carbocycles. The summed E-state index contributed by atoms with van der Waals surface area (Å²) >= 11 is 12.7. The molecule has 0 aliphatic heterocycles. The molecule has 0 heterocycles. The third-order valence-electron chi connectivity index (χ3n) is 5.74. The Bertz CT molecular complexity index is 1310. The van der Waals surface area contributed by atoms with E-state index in [9.17, 15) is 18.0 Å². The molecule has 0 saturated heterocycles. The molecule has 1 atom stereocenters. The van der Waals surface area contributed by atoms with E-state index in [1.165, 1.54) is 24.1 Å². The average Bonchev–Trinajstić information content (AvgIpc) is 2.86. The Morgan fingerprint density at radius 3 is 2.06 bits per heavy atom. The van der Waals surface area contributed by atoms with Gasteiger partial charge in [0.1, 0.15) is 12.6 Å². The van der Waals surface area contributed by atoms with Gasteiger partial charge < -0.3 is 10.2 Å². The maximum Gasteiger partial charge on any atom is 0.264 e. The van der Waals surface area contributed by atoms with Gasteiger partial charge in [0, 0.05) is 29.2 Å². The first-order chi connectivity index (χ1) is 17.1. The summed E-state index contributed by atoms with van der Waals surface area (Å²) in [4.78, 5) is 27.5. The van der Waals surface area contributed by atoms with Crippen LogP contribution in [-0.4, -0.2) is 44.8 Å². The van der Waals surface area contributed by atoms with Crippen LogP contribution >= 0.6 is 23.2 Å². The number of nitrogens with one attached hydrogen (secondary N) is 1. The average molecular weight is 548 g/mol. The SMILES string of the molecule is CNC(=O)C(C)N(Cc1c(Cl)cccc1Cl)C(=O)CN(c1ccccc1)S(=O)(=O)c1ccc(C)cc1. The van der Waals surface area contributed by atoms with Crippen molar-refractivity contribution in [2.45, 2.75) is 31.3 Å². The van der Waals surface area contributed by atoms with Crippen LogP contribution in [0.4, 0.5) is 5.69 Å². The Kier molecular flexibility index (Phi) is 9.00. The number of carbonyl (C=O) groups is 2. The fourth-order valence-corrected chi connectivity index (χ4v) is 5.54. The van der Waals surface area contributed by atoms with Gasteiger partial charge in [0.2, 0.25) is 11.8 Å². The Balaban J connectivity index is 2.04. The highest BCUT2D eigenvalue weighted by Gasteiger charge is 2.32. The molecule has 3 aromatic rings. The minimum atomic E-state index is -4.11. The lowest BCUT2D eigenvalue weighted by Gasteiger charge is -2.32. The molecule has 190 valence electrons. The van der Waals surface area contributed by atoms with Gasteiger partial charge >= 0.3 is 0 Å². The molecule has 0 spiro atoms. The normalized spacial score (nSPS) is 12.0. The number of amides is 2. The smallest absolute Gasteiger partial charge is 0.264 e. The van der Waals surface area contributed by atoms with Crippen molar-refractivity contribution >= 4 is 50.7 Å². The molecule has 0 aromatic heterocycles. The minimum Gasteiger partial charge on any atom is -0.357 e. The van der Waals surface area contributed by atoms with Crippen LogP contribution in [0.1, 0.15) is 18.1 Å². The van der Waals surface area contributed by atoms with Crippen molar-refractivity contribution < 1.29 is 18.0 Å². The van der Waals surface area contributed by atoms with Gasteiger partial charge in [0.05, 0.1) is 10.6 Å². The Hall–Kier alpha value is -3.07. The number of halogens is 2. The first kappa shape index (κ1) is 27.5. The molecular weight excluding hydrogens is 521 g/mol. The van der Waals surface area contributed by atoms with Crippen LogP contribution in [-0.2, 0) is 26.2 Å². The van der Waals surface area contributed by atoms with Gasteiger partial charge in [-0.05, 0) is 50.2 Å². The highest BCUT2D eigenvalue weighted by Crippen LogP contribution is 2.28. The van der Waals surface area contributed by atoms with E-state index >= 15 is 0 Å². The number of rotatable bonds is 9. The second kappa shape index (κ2) is 11.8. The molecule has 0 radical (unpaired) electrons. The van der Waals surface area contributed by atoms with Crippen LogP contribution in [0.5, 0.6) is 0 Å². The highest BCUT2D eigenvalue weighted by molar-refractivity contribution is 7.92. The number of aryl methyl sites for hydroxylation is 1. The number of sulfonamides is 1. The zero-order valence-corrected chi connectivity index (χ0v) is 22.4. The van der Waals surface area contributed by atoms with E-state index in [0.717, 1.165) is 9.87 Å². The maximum absolute atomic E-state index is 13.7. The summed E-state index contributed by atoms with van der Waals surface area (Å²) in [5.41, 5.74) is 1.67. The second-order valence-corrected chi connectivity index (χ2v) is 10.8. The molecule has 3 aromatic carbocycles. The number of anilines is 1. The van der Waals surface area contributed by atoms with E-state index in [4.69, 9.17) is 23.2 Å². The molecule has 1 unspecified atom stereocenters. The van der Waals surface area contributed by atoms with Gasteiger partial charge in [-0.2, -0.15) is 0 Å². The van der Waals surface area contributed by atoms with Gasteiger partial charge in [-0.1, -0.05) is 65.2 Å². The molecular formula is C26H27Cl2N3O4S. The zero-order valence-electron chi connectivity index (χ0n) is 20.1. The predicted octanol–water partition coefficient (Wildman–Crippen LogP) is 4.66. The minimum absolute atomic E-state index is 0.0461. The molecule has 2 amide bonds. The van der Waals surface area contributed by atoms with Crippen LogP contribution in [0, 0.1) is 6.92 Å². The number of likely N-dealkylation sites (N-methyl/N-ethyl adjacent to an activating group) is 1. The molecule has 0 bridgehead atoms. The lowest BCUT2D eigenvalue weighted by molar-refractivity contribution is -0.139. The molecule has 1 N–H and O–H groups in total. The number of hydrogen-bond acceptors (Lipinski definition) is 4. The third kappa shape index (κ3) is 6.19. The quantitative estimate of drug-likeness (QED) is 0.422. The first-order valence-electron chi connectivity index (χ1n) is 11.1. The summed E-state index contributed by atoms with van der Waals surface area (Å²) in [5.74, 6) is -1.01. The molecule has 0 fully saturated rings. The summed E-state index contributed by atoms with van der Waals surface area (Å²) in [6, 6.07) is 18.7. The molecule has 0 aliphatic rings. The summed E-state index contributed by atoms with van der Waals surface area (Å²) < 4.78 is 28.4. The van der Waals surface area contributed by atoms with Crippen LogP contribution in [0.15, 0.2) is 77.7 Å². The Labute approximate surface area is 221 Å². The van der Waals surface area contributed by atoms with Crippen LogP contribution < -0.4 is 9.62 Å². The van der Waals surface area contributed by atoms with E-state index < -0.39 is 34.4 Å². The number of para-hydroxylation sites is 1. The van der Waals surface area contributed by atoms with Crippen molar-refractivity contribution in [2.75, 3.05) is 17.9 Å². The lowest BCUT2D eigenvalue weighted by Crippen LogP contribution is -2.50. The topological polar surface area (TPSA) is 86.8 Å². The fraction of sp³-hybridized carbons (Fsp3) is 0.231. The van der Waals surface area contributed by atoms with Crippen LogP contribution in [0.3, 0.4) is 0 Å². The molecule has 36 heavy (non-hydrogen) atoms. The summed E-state index contributed by atoms with van der Waals surface area (Å²) in [5, 5.41) is 3.19. The van der Waals surface area contributed by atoms with Crippen molar-refractivity contribution in [1.29, 1.82) is 0 Å².